The molecule has 0 aromatic heterocycles. The molecule has 1 aliphatic rings. The van der Waals surface area contributed by atoms with Gasteiger partial charge in [-0.1, -0.05) is 24.6 Å². The summed E-state index contributed by atoms with van der Waals surface area (Å²) in [5.74, 6) is -0.203. The molecule has 0 bridgehead atoms. The van der Waals surface area contributed by atoms with E-state index in [0.717, 1.165) is 16.9 Å². The Morgan fingerprint density at radius 3 is 2.75 bits per heavy atom. The predicted molar refractivity (Wildman–Crippen MR) is 60.8 cm³/mol. The number of aliphatic carboxylic acids is 1. The second kappa shape index (κ2) is 3.51. The molecular formula is C13H16O3. The summed E-state index contributed by atoms with van der Waals surface area (Å²) >= 11 is 0. The van der Waals surface area contributed by atoms with Crippen LogP contribution >= 0.6 is 0 Å². The van der Waals surface area contributed by atoms with Crippen molar-refractivity contribution in [1.82, 2.24) is 0 Å². The quantitative estimate of drug-likeness (QED) is 0.850. The van der Waals surface area contributed by atoms with E-state index in [2.05, 4.69) is 0 Å². The standard InChI is InChI=1S/C13H16O3/c1-8-4-5-11(16-3)9(6-8)13(2)7-10(13)12(14)15/h4-6,10H,7H2,1-3H3,(H,14,15). The van der Waals surface area contributed by atoms with Crippen LogP contribution in [0, 0.1) is 12.8 Å². The number of hydrogen-bond acceptors (Lipinski definition) is 2. The van der Waals surface area contributed by atoms with Crippen LogP contribution in [-0.4, -0.2) is 18.2 Å². The predicted octanol–water partition coefficient (Wildman–Crippen LogP) is 2.37. The maximum Gasteiger partial charge on any atom is 0.307 e. The van der Waals surface area contributed by atoms with Crippen LogP contribution in [0.3, 0.4) is 0 Å². The second-order valence-electron chi connectivity index (χ2n) is 4.72. The monoisotopic (exact) mass is 220 g/mol. The van der Waals surface area contributed by atoms with Gasteiger partial charge in [0.05, 0.1) is 13.0 Å². The molecular weight excluding hydrogens is 204 g/mol. The summed E-state index contributed by atoms with van der Waals surface area (Å²) in [5, 5.41) is 9.04. The average Bonchev–Trinajstić information content (AvgIpc) is 2.92. The molecule has 0 radical (unpaired) electrons. The van der Waals surface area contributed by atoms with E-state index in [9.17, 15) is 4.79 Å². The third-order valence-electron chi connectivity index (χ3n) is 3.51. The highest BCUT2D eigenvalue weighted by molar-refractivity contribution is 5.77. The van der Waals surface area contributed by atoms with Gasteiger partial charge in [0.2, 0.25) is 0 Å². The molecule has 86 valence electrons. The smallest absolute Gasteiger partial charge is 0.307 e. The highest BCUT2D eigenvalue weighted by Crippen LogP contribution is 2.56. The van der Waals surface area contributed by atoms with Crippen molar-refractivity contribution in [3.05, 3.63) is 29.3 Å². The van der Waals surface area contributed by atoms with Crippen molar-refractivity contribution >= 4 is 5.97 Å². The summed E-state index contributed by atoms with van der Waals surface area (Å²) in [4.78, 5) is 11.0. The molecule has 0 spiro atoms. The number of methoxy groups -OCH3 is 1. The zero-order valence-electron chi connectivity index (χ0n) is 9.78. The van der Waals surface area contributed by atoms with Crippen LogP contribution in [-0.2, 0) is 10.2 Å². The van der Waals surface area contributed by atoms with E-state index < -0.39 is 5.97 Å². The summed E-state index contributed by atoms with van der Waals surface area (Å²) in [6.45, 7) is 3.99. The Labute approximate surface area is 95.0 Å². The first-order valence-corrected chi connectivity index (χ1v) is 5.37. The molecule has 1 N–H and O–H groups in total. The molecule has 3 heteroatoms. The molecule has 2 unspecified atom stereocenters. The van der Waals surface area contributed by atoms with Gasteiger partial charge in [-0.2, -0.15) is 0 Å². The molecule has 1 aromatic rings. The minimum absolute atomic E-state index is 0.261. The first kappa shape index (κ1) is 11.0. The van der Waals surface area contributed by atoms with Crippen LogP contribution in [0.2, 0.25) is 0 Å². The summed E-state index contributed by atoms with van der Waals surface area (Å²) < 4.78 is 5.30. The van der Waals surface area contributed by atoms with Gasteiger partial charge < -0.3 is 9.84 Å². The van der Waals surface area contributed by atoms with Crippen LogP contribution in [0.15, 0.2) is 18.2 Å². The third kappa shape index (κ3) is 1.56. The number of carboxylic acid groups (broad SMARTS) is 1. The van der Waals surface area contributed by atoms with Crippen LogP contribution in [0.5, 0.6) is 5.75 Å². The minimum Gasteiger partial charge on any atom is -0.496 e. The van der Waals surface area contributed by atoms with E-state index in [4.69, 9.17) is 9.84 Å². The van der Waals surface area contributed by atoms with E-state index in [-0.39, 0.29) is 11.3 Å². The first-order valence-electron chi connectivity index (χ1n) is 5.37. The van der Waals surface area contributed by atoms with Gasteiger partial charge in [-0.15, -0.1) is 0 Å². The fourth-order valence-electron chi connectivity index (χ4n) is 2.29. The molecule has 3 nitrogen and oxygen atoms in total. The normalized spacial score (nSPS) is 27.6. The van der Waals surface area contributed by atoms with Gasteiger partial charge in [-0.3, -0.25) is 4.79 Å². The van der Waals surface area contributed by atoms with Crippen molar-refractivity contribution in [2.45, 2.75) is 25.7 Å². The number of carbonyl (C=O) groups is 1. The maximum atomic E-state index is 11.0. The second-order valence-corrected chi connectivity index (χ2v) is 4.72. The van der Waals surface area contributed by atoms with Gasteiger partial charge in [0.1, 0.15) is 5.75 Å². The highest BCUT2D eigenvalue weighted by Gasteiger charge is 2.57. The van der Waals surface area contributed by atoms with E-state index >= 15 is 0 Å². The molecule has 2 rings (SSSR count). The molecule has 0 amide bonds. The number of benzene rings is 1. The number of carboxylic acids is 1. The summed E-state index contributed by atoms with van der Waals surface area (Å²) in [7, 11) is 1.62. The number of aryl methyl sites for hydroxylation is 1. The highest BCUT2D eigenvalue weighted by atomic mass is 16.5. The molecule has 0 saturated heterocycles. The van der Waals surface area contributed by atoms with Crippen molar-refractivity contribution in [3.8, 4) is 5.75 Å². The number of rotatable bonds is 3. The van der Waals surface area contributed by atoms with Gasteiger partial charge in [0.25, 0.3) is 0 Å². The van der Waals surface area contributed by atoms with Gasteiger partial charge in [0, 0.05) is 11.0 Å². The molecule has 2 atom stereocenters. The van der Waals surface area contributed by atoms with Crippen molar-refractivity contribution in [2.75, 3.05) is 7.11 Å². The van der Waals surface area contributed by atoms with E-state index in [1.807, 2.05) is 32.0 Å². The Balaban J connectivity index is 2.41. The fourth-order valence-corrected chi connectivity index (χ4v) is 2.29. The van der Waals surface area contributed by atoms with Crippen LogP contribution in [0.4, 0.5) is 0 Å². The van der Waals surface area contributed by atoms with Crippen molar-refractivity contribution in [1.29, 1.82) is 0 Å². The molecule has 1 aliphatic carbocycles. The largest absolute Gasteiger partial charge is 0.496 e. The van der Waals surface area contributed by atoms with E-state index in [1.165, 1.54) is 0 Å². The lowest BCUT2D eigenvalue weighted by molar-refractivity contribution is -0.138. The van der Waals surface area contributed by atoms with Crippen molar-refractivity contribution < 1.29 is 14.6 Å². The molecule has 0 heterocycles. The van der Waals surface area contributed by atoms with Crippen LogP contribution < -0.4 is 4.74 Å². The Hall–Kier alpha value is -1.51. The summed E-state index contributed by atoms with van der Waals surface area (Å²) in [6.07, 6.45) is 0.697. The number of hydrogen-bond donors (Lipinski definition) is 1. The van der Waals surface area contributed by atoms with Crippen LogP contribution in [0.25, 0.3) is 0 Å². The lowest BCUT2D eigenvalue weighted by Gasteiger charge is -2.15. The summed E-state index contributed by atoms with van der Waals surface area (Å²) in [6, 6.07) is 5.92. The molecule has 1 fully saturated rings. The Bertz CT molecular complexity index is 439. The fraction of sp³-hybridized carbons (Fsp3) is 0.462. The Morgan fingerprint density at radius 1 is 1.56 bits per heavy atom. The molecule has 16 heavy (non-hydrogen) atoms. The Kier molecular flexibility index (Phi) is 2.41. The van der Waals surface area contributed by atoms with Crippen molar-refractivity contribution in [3.63, 3.8) is 0 Å². The SMILES string of the molecule is COc1ccc(C)cc1C1(C)CC1C(=O)O. The van der Waals surface area contributed by atoms with Gasteiger partial charge >= 0.3 is 5.97 Å². The van der Waals surface area contributed by atoms with Crippen LogP contribution in [0.1, 0.15) is 24.5 Å². The van der Waals surface area contributed by atoms with E-state index in [1.54, 1.807) is 7.11 Å². The zero-order valence-corrected chi connectivity index (χ0v) is 9.78. The van der Waals surface area contributed by atoms with Crippen molar-refractivity contribution in [2.24, 2.45) is 5.92 Å². The number of ether oxygens (including phenoxy) is 1. The molecule has 1 saturated carbocycles. The molecule has 1 aromatic carbocycles. The first-order chi connectivity index (χ1) is 7.49. The van der Waals surface area contributed by atoms with Gasteiger partial charge in [-0.05, 0) is 19.4 Å². The maximum absolute atomic E-state index is 11.0. The lowest BCUT2D eigenvalue weighted by Crippen LogP contribution is -2.12. The third-order valence-corrected chi connectivity index (χ3v) is 3.51. The molecule has 0 aliphatic heterocycles. The lowest BCUT2D eigenvalue weighted by atomic mass is 9.93. The Morgan fingerprint density at radius 2 is 2.25 bits per heavy atom. The topological polar surface area (TPSA) is 46.5 Å². The van der Waals surface area contributed by atoms with Gasteiger partial charge in [0.15, 0.2) is 0 Å². The van der Waals surface area contributed by atoms with Gasteiger partial charge in [-0.25, -0.2) is 0 Å². The summed E-state index contributed by atoms with van der Waals surface area (Å²) in [5.41, 5.74) is 1.89. The zero-order chi connectivity index (χ0) is 11.9. The average molecular weight is 220 g/mol. The van der Waals surface area contributed by atoms with E-state index in [0.29, 0.717) is 6.42 Å². The minimum atomic E-state index is -0.717.